The van der Waals surface area contributed by atoms with Gasteiger partial charge in [-0.2, -0.15) is 0 Å². The third kappa shape index (κ3) is 0.881. The van der Waals surface area contributed by atoms with Crippen molar-refractivity contribution >= 4 is 5.78 Å². The second-order valence-electron chi connectivity index (χ2n) is 6.95. The van der Waals surface area contributed by atoms with E-state index in [-0.39, 0.29) is 10.8 Å². The molecular weight excluding hydrogens is 196 g/mol. The number of rotatable bonds is 1. The molecule has 3 saturated carbocycles. The Hall–Kier alpha value is -0.590. The SMILES string of the molecule is C=C1CC[C@]2([C@]3(C)CCC(=O)C3(C)C)C[C@H]12. The summed E-state index contributed by atoms with van der Waals surface area (Å²) in [5, 5.41) is 0. The van der Waals surface area contributed by atoms with E-state index in [0.29, 0.717) is 11.2 Å². The zero-order chi connectivity index (χ0) is 11.8. The van der Waals surface area contributed by atoms with Gasteiger partial charge in [-0.05, 0) is 42.4 Å². The number of allylic oxidation sites excluding steroid dienone is 1. The fraction of sp³-hybridized carbons (Fsp3) is 0.800. The number of carbonyl (C=O) groups is 1. The van der Waals surface area contributed by atoms with Crippen LogP contribution in [0.15, 0.2) is 12.2 Å². The lowest BCUT2D eigenvalue weighted by molar-refractivity contribution is -0.129. The number of ketones is 1. The van der Waals surface area contributed by atoms with Crippen LogP contribution >= 0.6 is 0 Å². The summed E-state index contributed by atoms with van der Waals surface area (Å²) in [6.07, 6.45) is 5.68. The Morgan fingerprint density at radius 1 is 1.19 bits per heavy atom. The van der Waals surface area contributed by atoms with Gasteiger partial charge in [0.25, 0.3) is 0 Å². The van der Waals surface area contributed by atoms with Gasteiger partial charge in [0.05, 0.1) is 0 Å². The largest absolute Gasteiger partial charge is 0.299 e. The average Bonchev–Trinajstić information content (AvgIpc) is 2.84. The van der Waals surface area contributed by atoms with Gasteiger partial charge in [0.1, 0.15) is 5.78 Å². The minimum absolute atomic E-state index is 0.119. The average molecular weight is 218 g/mol. The van der Waals surface area contributed by atoms with Gasteiger partial charge in [-0.15, -0.1) is 0 Å². The minimum Gasteiger partial charge on any atom is -0.299 e. The third-order valence-electron chi connectivity index (χ3n) is 6.49. The maximum Gasteiger partial charge on any atom is 0.139 e. The summed E-state index contributed by atoms with van der Waals surface area (Å²) in [4.78, 5) is 12.1. The molecule has 0 saturated heterocycles. The summed E-state index contributed by atoms with van der Waals surface area (Å²) >= 11 is 0. The van der Waals surface area contributed by atoms with Crippen LogP contribution in [0.2, 0.25) is 0 Å². The topological polar surface area (TPSA) is 17.1 Å². The fourth-order valence-electron chi connectivity index (χ4n) is 4.73. The lowest BCUT2D eigenvalue weighted by atomic mass is 9.59. The molecule has 0 heterocycles. The Balaban J connectivity index is 2.02. The first-order valence-electron chi connectivity index (χ1n) is 6.56. The molecule has 1 heteroatoms. The van der Waals surface area contributed by atoms with Crippen LogP contribution in [0, 0.1) is 22.2 Å². The quantitative estimate of drug-likeness (QED) is 0.613. The summed E-state index contributed by atoms with van der Waals surface area (Å²) < 4.78 is 0. The van der Waals surface area contributed by atoms with E-state index in [1.54, 1.807) is 0 Å². The molecule has 0 aromatic rings. The molecule has 0 N–H and O–H groups in total. The highest BCUT2D eigenvalue weighted by Gasteiger charge is 2.73. The summed E-state index contributed by atoms with van der Waals surface area (Å²) in [7, 11) is 0. The first-order chi connectivity index (χ1) is 7.35. The molecule has 3 fully saturated rings. The summed E-state index contributed by atoms with van der Waals surface area (Å²) in [5.41, 5.74) is 2.00. The van der Waals surface area contributed by atoms with E-state index >= 15 is 0 Å². The van der Waals surface area contributed by atoms with Crippen LogP contribution in [0.1, 0.15) is 52.9 Å². The van der Waals surface area contributed by atoms with Crippen molar-refractivity contribution in [3.63, 3.8) is 0 Å². The van der Waals surface area contributed by atoms with Crippen molar-refractivity contribution in [3.05, 3.63) is 12.2 Å². The predicted octanol–water partition coefficient (Wildman–Crippen LogP) is 3.74. The Morgan fingerprint density at radius 2 is 1.88 bits per heavy atom. The molecule has 16 heavy (non-hydrogen) atoms. The molecule has 3 rings (SSSR count). The normalized spacial score (nSPS) is 49.6. The van der Waals surface area contributed by atoms with Gasteiger partial charge >= 0.3 is 0 Å². The highest BCUT2D eigenvalue weighted by atomic mass is 16.1. The molecule has 0 spiro atoms. The molecule has 0 radical (unpaired) electrons. The molecule has 0 aromatic carbocycles. The number of carbonyl (C=O) groups excluding carboxylic acids is 1. The minimum atomic E-state index is -0.119. The van der Waals surface area contributed by atoms with Crippen LogP contribution in [0.3, 0.4) is 0 Å². The van der Waals surface area contributed by atoms with Crippen LogP contribution in [0.5, 0.6) is 0 Å². The van der Waals surface area contributed by atoms with Gasteiger partial charge in [-0.1, -0.05) is 32.9 Å². The second kappa shape index (κ2) is 2.63. The molecule has 88 valence electrons. The van der Waals surface area contributed by atoms with E-state index in [4.69, 9.17) is 0 Å². The Kier molecular flexibility index (Phi) is 1.73. The van der Waals surface area contributed by atoms with Crippen molar-refractivity contribution in [2.45, 2.75) is 52.9 Å². The van der Waals surface area contributed by atoms with Gasteiger partial charge in [0.15, 0.2) is 0 Å². The maximum atomic E-state index is 12.1. The summed E-state index contributed by atoms with van der Waals surface area (Å²) in [6, 6.07) is 0. The van der Waals surface area contributed by atoms with E-state index in [1.807, 2.05) is 0 Å². The van der Waals surface area contributed by atoms with Crippen molar-refractivity contribution in [1.29, 1.82) is 0 Å². The Bertz CT molecular complexity index is 392. The molecule has 1 nitrogen and oxygen atoms in total. The smallest absolute Gasteiger partial charge is 0.139 e. The van der Waals surface area contributed by atoms with Crippen LogP contribution in [-0.2, 0) is 4.79 Å². The van der Waals surface area contributed by atoms with E-state index in [1.165, 1.54) is 24.8 Å². The predicted molar refractivity (Wildman–Crippen MR) is 65.0 cm³/mol. The number of hydrogen-bond acceptors (Lipinski definition) is 1. The lowest BCUT2D eigenvalue weighted by Gasteiger charge is -2.44. The lowest BCUT2D eigenvalue weighted by Crippen LogP contribution is -2.41. The first-order valence-corrected chi connectivity index (χ1v) is 6.56. The van der Waals surface area contributed by atoms with Crippen LogP contribution in [-0.4, -0.2) is 5.78 Å². The number of Topliss-reactive ketones (excluding diaryl/α,β-unsaturated/α-hetero) is 1. The van der Waals surface area contributed by atoms with E-state index in [2.05, 4.69) is 27.4 Å². The molecule has 3 aliphatic carbocycles. The van der Waals surface area contributed by atoms with E-state index < -0.39 is 0 Å². The van der Waals surface area contributed by atoms with Crippen molar-refractivity contribution < 1.29 is 4.79 Å². The highest BCUT2D eigenvalue weighted by molar-refractivity contribution is 5.87. The third-order valence-corrected chi connectivity index (χ3v) is 6.49. The van der Waals surface area contributed by atoms with Crippen LogP contribution in [0.25, 0.3) is 0 Å². The van der Waals surface area contributed by atoms with E-state index in [0.717, 1.165) is 18.8 Å². The van der Waals surface area contributed by atoms with E-state index in [9.17, 15) is 4.79 Å². The van der Waals surface area contributed by atoms with Gasteiger partial charge in [-0.3, -0.25) is 4.79 Å². The van der Waals surface area contributed by atoms with Crippen molar-refractivity contribution in [2.75, 3.05) is 0 Å². The van der Waals surface area contributed by atoms with Gasteiger partial charge in [0, 0.05) is 11.8 Å². The molecule has 3 atom stereocenters. The van der Waals surface area contributed by atoms with Crippen molar-refractivity contribution in [3.8, 4) is 0 Å². The molecular formula is C15H22O. The first kappa shape index (κ1) is 10.6. The monoisotopic (exact) mass is 218 g/mol. The number of hydrogen-bond donors (Lipinski definition) is 0. The molecule has 0 unspecified atom stereocenters. The molecule has 3 aliphatic rings. The molecule has 0 aromatic heterocycles. The molecule has 0 amide bonds. The Morgan fingerprint density at radius 3 is 2.25 bits per heavy atom. The van der Waals surface area contributed by atoms with Gasteiger partial charge < -0.3 is 0 Å². The summed E-state index contributed by atoms with van der Waals surface area (Å²) in [6.45, 7) is 10.9. The maximum absolute atomic E-state index is 12.1. The van der Waals surface area contributed by atoms with Crippen molar-refractivity contribution in [1.82, 2.24) is 0 Å². The highest BCUT2D eigenvalue weighted by Crippen LogP contribution is 2.79. The zero-order valence-electron chi connectivity index (χ0n) is 10.7. The van der Waals surface area contributed by atoms with Gasteiger partial charge in [0.2, 0.25) is 0 Å². The number of fused-ring (bicyclic) bond motifs is 1. The van der Waals surface area contributed by atoms with Crippen LogP contribution in [0.4, 0.5) is 0 Å². The zero-order valence-corrected chi connectivity index (χ0v) is 10.7. The standard InChI is InChI=1S/C15H22O/c1-10-5-8-15(9-11(10)15)14(4)7-6-12(16)13(14,2)3/h11H,1,5-9H2,2-4H3/t11-,14-,15+/m1/s1. The van der Waals surface area contributed by atoms with Crippen molar-refractivity contribution in [2.24, 2.45) is 22.2 Å². The van der Waals surface area contributed by atoms with Gasteiger partial charge in [-0.25, -0.2) is 0 Å². The fourth-order valence-corrected chi connectivity index (χ4v) is 4.73. The molecule has 0 bridgehead atoms. The molecule has 0 aliphatic heterocycles. The second-order valence-corrected chi connectivity index (χ2v) is 6.95. The summed E-state index contributed by atoms with van der Waals surface area (Å²) in [5.74, 6) is 1.22. The Labute approximate surface area is 98.3 Å². The van der Waals surface area contributed by atoms with Crippen LogP contribution < -0.4 is 0 Å².